The summed E-state index contributed by atoms with van der Waals surface area (Å²) in [6.45, 7) is 0.492. The van der Waals surface area contributed by atoms with Crippen LogP contribution < -0.4 is 5.32 Å². The molecule has 0 aromatic heterocycles. The molecule has 1 aliphatic carbocycles. The van der Waals surface area contributed by atoms with E-state index in [2.05, 4.69) is 23.5 Å². The lowest BCUT2D eigenvalue weighted by Gasteiger charge is -2.25. The molecule has 22 heavy (non-hydrogen) atoms. The van der Waals surface area contributed by atoms with E-state index in [4.69, 9.17) is 0 Å². The number of carbonyl (C=O) groups excluding carboxylic acids is 1. The molecule has 4 nitrogen and oxygen atoms in total. The van der Waals surface area contributed by atoms with Gasteiger partial charge in [0.05, 0.1) is 11.5 Å². The minimum atomic E-state index is -2.86. The van der Waals surface area contributed by atoms with Gasteiger partial charge in [-0.1, -0.05) is 24.3 Å². The normalized spacial score (nSPS) is 26.4. The Morgan fingerprint density at radius 2 is 2.05 bits per heavy atom. The molecule has 1 aromatic carbocycles. The topological polar surface area (TPSA) is 63.2 Å². The second kappa shape index (κ2) is 6.41. The lowest BCUT2D eigenvalue weighted by Crippen LogP contribution is -2.31. The van der Waals surface area contributed by atoms with E-state index in [9.17, 15) is 13.2 Å². The van der Waals surface area contributed by atoms with Gasteiger partial charge in [0.15, 0.2) is 9.84 Å². The quantitative estimate of drug-likeness (QED) is 0.923. The molecule has 120 valence electrons. The predicted molar refractivity (Wildman–Crippen MR) is 86.5 cm³/mol. The van der Waals surface area contributed by atoms with Gasteiger partial charge in [0.25, 0.3) is 0 Å². The highest BCUT2D eigenvalue weighted by Gasteiger charge is 2.28. The SMILES string of the molecule is O=C(C[C@H]1CCCc2ccccc21)NC[C@H]1CCS(=O)(=O)C1. The minimum absolute atomic E-state index is 0.0472. The maximum absolute atomic E-state index is 12.2. The first-order valence-electron chi connectivity index (χ1n) is 8.08. The maximum Gasteiger partial charge on any atom is 0.220 e. The van der Waals surface area contributed by atoms with E-state index in [-0.39, 0.29) is 23.3 Å². The molecule has 0 radical (unpaired) electrons. The van der Waals surface area contributed by atoms with E-state index in [0.29, 0.717) is 25.3 Å². The van der Waals surface area contributed by atoms with E-state index in [1.807, 2.05) is 6.07 Å². The van der Waals surface area contributed by atoms with Gasteiger partial charge in [-0.3, -0.25) is 4.79 Å². The molecule has 3 rings (SSSR count). The molecule has 1 N–H and O–H groups in total. The van der Waals surface area contributed by atoms with Gasteiger partial charge in [0, 0.05) is 13.0 Å². The molecule has 0 bridgehead atoms. The zero-order valence-electron chi connectivity index (χ0n) is 12.8. The molecule has 0 saturated carbocycles. The Morgan fingerprint density at radius 1 is 1.23 bits per heavy atom. The molecule has 1 amide bonds. The van der Waals surface area contributed by atoms with Gasteiger partial charge in [-0.2, -0.15) is 0 Å². The van der Waals surface area contributed by atoms with Gasteiger partial charge in [-0.05, 0) is 48.6 Å². The highest BCUT2D eigenvalue weighted by Crippen LogP contribution is 2.33. The van der Waals surface area contributed by atoms with Crippen molar-refractivity contribution in [1.82, 2.24) is 5.32 Å². The summed E-state index contributed by atoms with van der Waals surface area (Å²) >= 11 is 0. The number of amides is 1. The maximum atomic E-state index is 12.2. The second-order valence-corrected chi connectivity index (χ2v) is 8.79. The number of carbonyl (C=O) groups is 1. The summed E-state index contributed by atoms with van der Waals surface area (Å²) in [5.74, 6) is 0.930. The van der Waals surface area contributed by atoms with E-state index >= 15 is 0 Å². The summed E-state index contributed by atoms with van der Waals surface area (Å²) in [5, 5.41) is 2.94. The molecule has 1 fully saturated rings. The Hall–Kier alpha value is -1.36. The number of sulfone groups is 1. The van der Waals surface area contributed by atoms with Gasteiger partial charge >= 0.3 is 0 Å². The highest BCUT2D eigenvalue weighted by molar-refractivity contribution is 7.91. The second-order valence-electron chi connectivity index (χ2n) is 6.57. The number of hydrogen-bond acceptors (Lipinski definition) is 3. The number of benzene rings is 1. The fraction of sp³-hybridized carbons (Fsp3) is 0.588. The standard InChI is InChI=1S/C17H23NO3S/c19-17(18-11-13-8-9-22(20,21)12-13)10-15-6-3-5-14-4-1-2-7-16(14)15/h1-2,4,7,13,15H,3,5-6,8-12H2,(H,18,19)/t13-,15-/m1/s1. The van der Waals surface area contributed by atoms with E-state index < -0.39 is 9.84 Å². The Bertz CT molecular complexity index is 654. The van der Waals surface area contributed by atoms with Crippen molar-refractivity contribution in [3.8, 4) is 0 Å². The van der Waals surface area contributed by atoms with Crippen LogP contribution in [0.3, 0.4) is 0 Å². The summed E-state index contributed by atoms with van der Waals surface area (Å²) < 4.78 is 22.9. The minimum Gasteiger partial charge on any atom is -0.356 e. The smallest absolute Gasteiger partial charge is 0.220 e. The van der Waals surface area contributed by atoms with Gasteiger partial charge < -0.3 is 5.32 Å². The number of aryl methyl sites for hydroxylation is 1. The summed E-state index contributed by atoms with van der Waals surface area (Å²) in [5.41, 5.74) is 2.68. The van der Waals surface area contributed by atoms with Crippen LogP contribution in [0.25, 0.3) is 0 Å². The van der Waals surface area contributed by atoms with E-state index in [0.717, 1.165) is 19.3 Å². The van der Waals surface area contributed by atoms with Crippen LogP contribution >= 0.6 is 0 Å². The van der Waals surface area contributed by atoms with Gasteiger partial charge in [-0.15, -0.1) is 0 Å². The van der Waals surface area contributed by atoms with Crippen LogP contribution in [0.1, 0.15) is 42.7 Å². The number of fused-ring (bicyclic) bond motifs is 1. The van der Waals surface area contributed by atoms with Crippen LogP contribution in [-0.4, -0.2) is 32.4 Å². The molecule has 1 heterocycles. The van der Waals surface area contributed by atoms with Crippen LogP contribution in [0, 0.1) is 5.92 Å². The van der Waals surface area contributed by atoms with Crippen molar-refractivity contribution in [3.63, 3.8) is 0 Å². The monoisotopic (exact) mass is 321 g/mol. The number of nitrogens with one attached hydrogen (secondary N) is 1. The molecular formula is C17H23NO3S. The third-order valence-electron chi connectivity index (χ3n) is 4.84. The Balaban J connectivity index is 1.53. The average molecular weight is 321 g/mol. The van der Waals surface area contributed by atoms with Crippen molar-refractivity contribution in [2.75, 3.05) is 18.1 Å². The third-order valence-corrected chi connectivity index (χ3v) is 6.68. The molecule has 5 heteroatoms. The molecular weight excluding hydrogens is 298 g/mol. The fourth-order valence-electron chi connectivity index (χ4n) is 3.65. The van der Waals surface area contributed by atoms with Crippen molar-refractivity contribution in [3.05, 3.63) is 35.4 Å². The van der Waals surface area contributed by atoms with Crippen LogP contribution in [-0.2, 0) is 21.1 Å². The van der Waals surface area contributed by atoms with Crippen molar-refractivity contribution in [2.24, 2.45) is 5.92 Å². The van der Waals surface area contributed by atoms with Crippen LogP contribution in [0.5, 0.6) is 0 Å². The zero-order chi connectivity index (χ0) is 15.6. The van der Waals surface area contributed by atoms with Gasteiger partial charge in [0.2, 0.25) is 5.91 Å². The molecule has 0 spiro atoms. The van der Waals surface area contributed by atoms with Crippen molar-refractivity contribution >= 4 is 15.7 Å². The molecule has 2 aliphatic rings. The largest absolute Gasteiger partial charge is 0.356 e. The van der Waals surface area contributed by atoms with Crippen LogP contribution in [0.2, 0.25) is 0 Å². The lowest BCUT2D eigenvalue weighted by molar-refractivity contribution is -0.121. The summed E-state index contributed by atoms with van der Waals surface area (Å²) in [6, 6.07) is 8.39. The average Bonchev–Trinajstić information content (AvgIpc) is 2.85. The van der Waals surface area contributed by atoms with E-state index in [1.165, 1.54) is 11.1 Å². The summed E-state index contributed by atoms with van der Waals surface area (Å²) in [7, 11) is -2.86. The molecule has 2 atom stereocenters. The molecule has 1 aromatic rings. The van der Waals surface area contributed by atoms with E-state index in [1.54, 1.807) is 0 Å². The Labute approximate surface area is 132 Å². The van der Waals surface area contributed by atoms with Crippen LogP contribution in [0.15, 0.2) is 24.3 Å². The molecule has 0 unspecified atom stereocenters. The zero-order valence-corrected chi connectivity index (χ0v) is 13.6. The predicted octanol–water partition coefficient (Wildman–Crippen LogP) is 2.05. The molecule has 1 aliphatic heterocycles. The Morgan fingerprint density at radius 3 is 2.82 bits per heavy atom. The summed E-state index contributed by atoms with van der Waals surface area (Å²) in [4.78, 5) is 12.2. The highest BCUT2D eigenvalue weighted by atomic mass is 32.2. The Kier molecular flexibility index (Phi) is 4.52. The summed E-state index contributed by atoms with van der Waals surface area (Å²) in [6.07, 6.45) is 4.48. The first-order chi connectivity index (χ1) is 10.5. The third kappa shape index (κ3) is 3.69. The molecule has 1 saturated heterocycles. The van der Waals surface area contributed by atoms with Gasteiger partial charge in [0.1, 0.15) is 0 Å². The van der Waals surface area contributed by atoms with Crippen molar-refractivity contribution in [1.29, 1.82) is 0 Å². The number of hydrogen-bond donors (Lipinski definition) is 1. The fourth-order valence-corrected chi connectivity index (χ4v) is 5.52. The van der Waals surface area contributed by atoms with Gasteiger partial charge in [-0.25, -0.2) is 8.42 Å². The van der Waals surface area contributed by atoms with Crippen molar-refractivity contribution in [2.45, 2.75) is 38.0 Å². The first kappa shape index (κ1) is 15.5. The van der Waals surface area contributed by atoms with Crippen molar-refractivity contribution < 1.29 is 13.2 Å². The lowest BCUT2D eigenvalue weighted by atomic mass is 9.81. The van der Waals surface area contributed by atoms with Crippen LogP contribution in [0.4, 0.5) is 0 Å². The number of rotatable bonds is 4. The first-order valence-corrected chi connectivity index (χ1v) is 9.90.